The standard InChI is InChI=1S/C17H23N3O4/c21-16(20-7-1-2-8-20)12-24-14-5-3-4-13(10-14)19-17(22)15-11-18-6-9-23-15/h3-5,10,15,18H,1-2,6-9,11-12H2,(H,19,22). The highest BCUT2D eigenvalue weighted by molar-refractivity contribution is 5.94. The van der Waals surface area contributed by atoms with Gasteiger partial charge >= 0.3 is 0 Å². The molecule has 2 aliphatic rings. The molecular formula is C17H23N3O4. The maximum Gasteiger partial charge on any atom is 0.260 e. The Balaban J connectivity index is 1.51. The van der Waals surface area contributed by atoms with Crippen molar-refractivity contribution in [2.45, 2.75) is 18.9 Å². The second kappa shape index (κ2) is 8.12. The van der Waals surface area contributed by atoms with Crippen molar-refractivity contribution in [3.8, 4) is 5.75 Å². The van der Waals surface area contributed by atoms with Gasteiger partial charge in [0.15, 0.2) is 6.61 Å². The van der Waals surface area contributed by atoms with Crippen molar-refractivity contribution in [3.63, 3.8) is 0 Å². The van der Waals surface area contributed by atoms with E-state index in [1.807, 2.05) is 4.90 Å². The molecular weight excluding hydrogens is 310 g/mol. The highest BCUT2D eigenvalue weighted by Crippen LogP contribution is 2.18. The number of nitrogens with one attached hydrogen (secondary N) is 2. The number of benzene rings is 1. The lowest BCUT2D eigenvalue weighted by molar-refractivity contribution is -0.132. The average Bonchev–Trinajstić information content (AvgIpc) is 3.15. The molecule has 7 heteroatoms. The third kappa shape index (κ3) is 4.46. The van der Waals surface area contributed by atoms with Gasteiger partial charge in [0, 0.05) is 37.9 Å². The first-order valence-corrected chi connectivity index (χ1v) is 8.36. The fourth-order valence-corrected chi connectivity index (χ4v) is 2.82. The zero-order valence-corrected chi connectivity index (χ0v) is 13.6. The Morgan fingerprint density at radius 1 is 1.33 bits per heavy atom. The number of anilines is 1. The van der Waals surface area contributed by atoms with Crippen LogP contribution in [0, 0.1) is 0 Å². The van der Waals surface area contributed by atoms with Crippen molar-refractivity contribution in [2.24, 2.45) is 0 Å². The second-order valence-electron chi connectivity index (χ2n) is 5.96. The van der Waals surface area contributed by atoms with Crippen LogP contribution >= 0.6 is 0 Å². The van der Waals surface area contributed by atoms with Gasteiger partial charge in [-0.2, -0.15) is 0 Å². The molecule has 2 heterocycles. The van der Waals surface area contributed by atoms with Crippen molar-refractivity contribution >= 4 is 17.5 Å². The molecule has 2 fully saturated rings. The van der Waals surface area contributed by atoms with Crippen LogP contribution in [-0.2, 0) is 14.3 Å². The third-order valence-electron chi connectivity index (χ3n) is 4.14. The molecule has 2 saturated heterocycles. The van der Waals surface area contributed by atoms with Gasteiger partial charge in [0.25, 0.3) is 11.8 Å². The van der Waals surface area contributed by atoms with Gasteiger partial charge in [-0.05, 0) is 25.0 Å². The largest absolute Gasteiger partial charge is 0.484 e. The van der Waals surface area contributed by atoms with Crippen LogP contribution in [0.1, 0.15) is 12.8 Å². The van der Waals surface area contributed by atoms with E-state index in [0.29, 0.717) is 24.6 Å². The van der Waals surface area contributed by atoms with Crippen molar-refractivity contribution in [2.75, 3.05) is 44.7 Å². The first-order chi connectivity index (χ1) is 11.7. The number of rotatable bonds is 5. The van der Waals surface area contributed by atoms with E-state index < -0.39 is 6.10 Å². The van der Waals surface area contributed by atoms with Crippen LogP contribution in [0.2, 0.25) is 0 Å². The van der Waals surface area contributed by atoms with Crippen LogP contribution in [0.25, 0.3) is 0 Å². The number of ether oxygens (including phenoxy) is 2. The maximum atomic E-state index is 12.1. The smallest absolute Gasteiger partial charge is 0.260 e. The average molecular weight is 333 g/mol. The molecule has 1 aromatic rings. The topological polar surface area (TPSA) is 79.9 Å². The van der Waals surface area contributed by atoms with Gasteiger partial charge in [0.1, 0.15) is 11.9 Å². The predicted molar refractivity (Wildman–Crippen MR) is 89.0 cm³/mol. The minimum absolute atomic E-state index is 0.00335. The molecule has 130 valence electrons. The van der Waals surface area contributed by atoms with Gasteiger partial charge < -0.3 is 25.0 Å². The van der Waals surface area contributed by atoms with Gasteiger partial charge in [0.05, 0.1) is 6.61 Å². The molecule has 0 bridgehead atoms. The summed E-state index contributed by atoms with van der Waals surface area (Å²) >= 11 is 0. The Morgan fingerprint density at radius 2 is 2.17 bits per heavy atom. The van der Waals surface area contributed by atoms with Gasteiger partial charge in [-0.25, -0.2) is 0 Å². The summed E-state index contributed by atoms with van der Waals surface area (Å²) in [4.78, 5) is 26.0. The number of morpholine rings is 1. The quantitative estimate of drug-likeness (QED) is 0.825. The highest BCUT2D eigenvalue weighted by Gasteiger charge is 2.22. The lowest BCUT2D eigenvalue weighted by Crippen LogP contribution is -2.45. The van der Waals surface area contributed by atoms with Crippen LogP contribution in [0.3, 0.4) is 0 Å². The summed E-state index contributed by atoms with van der Waals surface area (Å²) in [6.45, 7) is 3.44. The summed E-state index contributed by atoms with van der Waals surface area (Å²) < 4.78 is 11.0. The normalized spacial score (nSPS) is 20.7. The van der Waals surface area contributed by atoms with Crippen LogP contribution in [0.4, 0.5) is 5.69 Å². The minimum Gasteiger partial charge on any atom is -0.484 e. The Bertz CT molecular complexity index is 581. The summed E-state index contributed by atoms with van der Waals surface area (Å²) in [6.07, 6.45) is 1.64. The lowest BCUT2D eigenvalue weighted by atomic mass is 10.2. The van der Waals surface area contributed by atoms with E-state index >= 15 is 0 Å². The molecule has 0 spiro atoms. The van der Waals surface area contributed by atoms with Gasteiger partial charge in [-0.15, -0.1) is 0 Å². The van der Waals surface area contributed by atoms with E-state index in [1.54, 1.807) is 24.3 Å². The van der Waals surface area contributed by atoms with Crippen molar-refractivity contribution < 1.29 is 19.1 Å². The van der Waals surface area contributed by atoms with Crippen molar-refractivity contribution in [1.82, 2.24) is 10.2 Å². The maximum absolute atomic E-state index is 12.1. The second-order valence-corrected chi connectivity index (χ2v) is 5.96. The van der Waals surface area contributed by atoms with E-state index in [1.165, 1.54) is 0 Å². The molecule has 1 aromatic carbocycles. The number of amides is 2. The number of carbonyl (C=O) groups excluding carboxylic acids is 2. The Morgan fingerprint density at radius 3 is 2.92 bits per heavy atom. The molecule has 3 rings (SSSR count). The summed E-state index contributed by atoms with van der Waals surface area (Å²) in [5.74, 6) is 0.374. The first-order valence-electron chi connectivity index (χ1n) is 8.36. The molecule has 7 nitrogen and oxygen atoms in total. The fraction of sp³-hybridized carbons (Fsp3) is 0.529. The van der Waals surface area contributed by atoms with Gasteiger partial charge in [-0.3, -0.25) is 9.59 Å². The SMILES string of the molecule is O=C(Nc1cccc(OCC(=O)N2CCCC2)c1)C1CNCCO1. The van der Waals surface area contributed by atoms with Gasteiger partial charge in [-0.1, -0.05) is 6.07 Å². The zero-order chi connectivity index (χ0) is 16.8. The van der Waals surface area contributed by atoms with Crippen LogP contribution in [0.15, 0.2) is 24.3 Å². The van der Waals surface area contributed by atoms with Crippen molar-refractivity contribution in [3.05, 3.63) is 24.3 Å². The molecule has 0 saturated carbocycles. The fourth-order valence-electron chi connectivity index (χ4n) is 2.82. The van der Waals surface area contributed by atoms with E-state index in [4.69, 9.17) is 9.47 Å². The molecule has 1 unspecified atom stereocenters. The molecule has 1 atom stereocenters. The molecule has 2 aliphatic heterocycles. The number of nitrogens with zero attached hydrogens (tertiary/aromatic N) is 1. The monoisotopic (exact) mass is 333 g/mol. The van der Waals surface area contributed by atoms with Crippen molar-refractivity contribution in [1.29, 1.82) is 0 Å². The molecule has 0 aliphatic carbocycles. The van der Waals surface area contributed by atoms with Crippen LogP contribution in [-0.4, -0.2) is 62.2 Å². The molecule has 2 N–H and O–H groups in total. The molecule has 0 radical (unpaired) electrons. The Hall–Kier alpha value is -2.12. The number of carbonyl (C=O) groups is 2. The summed E-state index contributed by atoms with van der Waals surface area (Å²) in [6, 6.07) is 7.05. The predicted octanol–water partition coefficient (Wildman–Crippen LogP) is 0.615. The summed E-state index contributed by atoms with van der Waals surface area (Å²) in [5.41, 5.74) is 0.625. The number of hydrogen-bond acceptors (Lipinski definition) is 5. The molecule has 24 heavy (non-hydrogen) atoms. The molecule has 2 amide bonds. The lowest BCUT2D eigenvalue weighted by Gasteiger charge is -2.22. The van der Waals surface area contributed by atoms with E-state index in [2.05, 4.69) is 10.6 Å². The highest BCUT2D eigenvalue weighted by atomic mass is 16.5. The summed E-state index contributed by atoms with van der Waals surface area (Å²) in [7, 11) is 0. The Labute approximate surface area is 141 Å². The van der Waals surface area contributed by atoms with Crippen LogP contribution in [0.5, 0.6) is 5.75 Å². The van der Waals surface area contributed by atoms with E-state index in [0.717, 1.165) is 32.5 Å². The van der Waals surface area contributed by atoms with E-state index in [9.17, 15) is 9.59 Å². The van der Waals surface area contributed by atoms with Crippen LogP contribution < -0.4 is 15.4 Å². The zero-order valence-electron chi connectivity index (χ0n) is 13.6. The number of hydrogen-bond donors (Lipinski definition) is 2. The van der Waals surface area contributed by atoms with Gasteiger partial charge in [0.2, 0.25) is 0 Å². The van der Waals surface area contributed by atoms with E-state index in [-0.39, 0.29) is 18.4 Å². The molecule has 0 aromatic heterocycles. The summed E-state index contributed by atoms with van der Waals surface area (Å²) in [5, 5.41) is 5.94. The number of likely N-dealkylation sites (tertiary alicyclic amines) is 1. The first kappa shape index (κ1) is 16.7. The minimum atomic E-state index is -0.486. The Kier molecular flexibility index (Phi) is 5.66. The third-order valence-corrected chi connectivity index (χ3v) is 4.14.